The van der Waals surface area contributed by atoms with Crippen LogP contribution in [-0.4, -0.2) is 15.9 Å². The van der Waals surface area contributed by atoms with Gasteiger partial charge in [-0.2, -0.15) is 0 Å². The SMILES string of the molecule is CC(C)(C)C(=O)Oc1cc(Cl)ccc1-c1nc2ccccc2[nH]1. The number of rotatable bonds is 2. The van der Waals surface area contributed by atoms with Gasteiger partial charge in [0.2, 0.25) is 0 Å². The first kappa shape index (κ1) is 15.6. The molecule has 0 amide bonds. The number of esters is 1. The zero-order chi connectivity index (χ0) is 16.6. The Kier molecular flexibility index (Phi) is 3.86. The number of aromatic nitrogens is 2. The Bertz CT molecular complexity index is 845. The lowest BCUT2D eigenvalue weighted by molar-refractivity contribution is -0.142. The summed E-state index contributed by atoms with van der Waals surface area (Å²) >= 11 is 6.06. The number of H-pyrrole nitrogens is 1. The van der Waals surface area contributed by atoms with Gasteiger partial charge in [-0.25, -0.2) is 4.98 Å². The molecule has 1 heterocycles. The summed E-state index contributed by atoms with van der Waals surface area (Å²) < 4.78 is 5.56. The smallest absolute Gasteiger partial charge is 0.316 e. The third-order valence-corrected chi connectivity index (χ3v) is 3.64. The molecule has 0 atom stereocenters. The summed E-state index contributed by atoms with van der Waals surface area (Å²) in [6.45, 7) is 5.42. The Morgan fingerprint density at radius 3 is 2.61 bits per heavy atom. The molecule has 0 unspecified atom stereocenters. The molecule has 3 rings (SSSR count). The van der Waals surface area contributed by atoms with Crippen molar-refractivity contribution in [3.8, 4) is 17.1 Å². The number of hydrogen-bond donors (Lipinski definition) is 1. The van der Waals surface area contributed by atoms with Crippen LogP contribution in [0.5, 0.6) is 5.75 Å². The summed E-state index contributed by atoms with van der Waals surface area (Å²) in [5, 5.41) is 0.501. The molecule has 0 saturated heterocycles. The molecular formula is C18H17ClN2O2. The van der Waals surface area contributed by atoms with E-state index in [0.29, 0.717) is 22.2 Å². The maximum absolute atomic E-state index is 12.2. The highest BCUT2D eigenvalue weighted by Gasteiger charge is 2.25. The third kappa shape index (κ3) is 3.22. The molecule has 118 valence electrons. The summed E-state index contributed by atoms with van der Waals surface area (Å²) in [5.41, 5.74) is 1.87. The molecule has 3 aromatic rings. The summed E-state index contributed by atoms with van der Waals surface area (Å²) in [6.07, 6.45) is 0. The van der Waals surface area contributed by atoms with Gasteiger partial charge in [-0.1, -0.05) is 23.7 Å². The predicted octanol–water partition coefficient (Wildman–Crippen LogP) is 4.83. The highest BCUT2D eigenvalue weighted by Crippen LogP contribution is 2.33. The largest absolute Gasteiger partial charge is 0.425 e. The first-order chi connectivity index (χ1) is 10.8. The van der Waals surface area contributed by atoms with E-state index in [0.717, 1.165) is 11.0 Å². The Morgan fingerprint density at radius 1 is 1.17 bits per heavy atom. The molecule has 1 N–H and O–H groups in total. The van der Waals surface area contributed by atoms with Gasteiger partial charge < -0.3 is 9.72 Å². The zero-order valence-corrected chi connectivity index (χ0v) is 13.9. The van der Waals surface area contributed by atoms with Crippen molar-refractivity contribution in [3.63, 3.8) is 0 Å². The number of carbonyl (C=O) groups is 1. The normalized spacial score (nSPS) is 11.7. The van der Waals surface area contributed by atoms with E-state index in [1.807, 2.05) is 24.3 Å². The van der Waals surface area contributed by atoms with E-state index in [-0.39, 0.29) is 5.97 Å². The van der Waals surface area contributed by atoms with Crippen LogP contribution >= 0.6 is 11.6 Å². The molecule has 0 aliphatic rings. The van der Waals surface area contributed by atoms with Gasteiger partial charge >= 0.3 is 5.97 Å². The maximum atomic E-state index is 12.2. The molecule has 0 radical (unpaired) electrons. The molecule has 0 fully saturated rings. The fourth-order valence-electron chi connectivity index (χ4n) is 2.11. The van der Waals surface area contributed by atoms with Crippen LogP contribution in [0.3, 0.4) is 0 Å². The first-order valence-corrected chi connectivity index (χ1v) is 7.69. The van der Waals surface area contributed by atoms with E-state index >= 15 is 0 Å². The molecule has 0 spiro atoms. The van der Waals surface area contributed by atoms with Gasteiger partial charge in [-0.15, -0.1) is 0 Å². The molecule has 2 aromatic carbocycles. The number of ether oxygens (including phenoxy) is 1. The van der Waals surface area contributed by atoms with E-state index in [9.17, 15) is 4.79 Å². The number of halogens is 1. The summed E-state index contributed by atoms with van der Waals surface area (Å²) in [4.78, 5) is 20.0. The standard InChI is InChI=1S/C18H17ClN2O2/c1-18(2,3)17(22)23-15-10-11(19)8-9-12(15)16-20-13-6-4-5-7-14(13)21-16/h4-10H,1-3H3,(H,20,21). The van der Waals surface area contributed by atoms with Gasteiger partial charge in [0.25, 0.3) is 0 Å². The Labute approximate surface area is 139 Å². The fourth-order valence-corrected chi connectivity index (χ4v) is 2.27. The molecular weight excluding hydrogens is 312 g/mol. The number of fused-ring (bicyclic) bond motifs is 1. The van der Waals surface area contributed by atoms with Crippen LogP contribution in [-0.2, 0) is 4.79 Å². The highest BCUT2D eigenvalue weighted by molar-refractivity contribution is 6.30. The minimum absolute atomic E-state index is 0.322. The number of para-hydroxylation sites is 2. The summed E-state index contributed by atoms with van der Waals surface area (Å²) in [7, 11) is 0. The molecule has 4 nitrogen and oxygen atoms in total. The third-order valence-electron chi connectivity index (χ3n) is 3.40. The van der Waals surface area contributed by atoms with Crippen molar-refractivity contribution in [2.24, 2.45) is 5.41 Å². The first-order valence-electron chi connectivity index (χ1n) is 7.31. The lowest BCUT2D eigenvalue weighted by Crippen LogP contribution is -2.25. The van der Waals surface area contributed by atoms with Crippen LogP contribution in [0.1, 0.15) is 20.8 Å². The van der Waals surface area contributed by atoms with E-state index in [1.54, 1.807) is 39.0 Å². The fraction of sp³-hybridized carbons (Fsp3) is 0.222. The van der Waals surface area contributed by atoms with Crippen LogP contribution in [0.4, 0.5) is 0 Å². The van der Waals surface area contributed by atoms with Crippen molar-refractivity contribution < 1.29 is 9.53 Å². The van der Waals surface area contributed by atoms with Gasteiger partial charge in [-0.05, 0) is 45.0 Å². The van der Waals surface area contributed by atoms with Gasteiger partial charge in [0.05, 0.1) is 22.0 Å². The number of nitrogens with one attached hydrogen (secondary N) is 1. The average Bonchev–Trinajstić information content (AvgIpc) is 2.90. The summed E-state index contributed by atoms with van der Waals surface area (Å²) in [6, 6.07) is 12.9. The van der Waals surface area contributed by atoms with Gasteiger partial charge in [0.1, 0.15) is 11.6 Å². The summed E-state index contributed by atoms with van der Waals surface area (Å²) in [5.74, 6) is 0.716. The molecule has 0 saturated carbocycles. The second-order valence-electron chi connectivity index (χ2n) is 6.38. The average molecular weight is 329 g/mol. The van der Waals surface area contributed by atoms with Crippen molar-refractivity contribution >= 4 is 28.6 Å². The van der Waals surface area contributed by atoms with Crippen LogP contribution in [0.25, 0.3) is 22.4 Å². The highest BCUT2D eigenvalue weighted by atomic mass is 35.5. The zero-order valence-electron chi connectivity index (χ0n) is 13.2. The number of aromatic amines is 1. The molecule has 1 aromatic heterocycles. The molecule has 0 aliphatic carbocycles. The Morgan fingerprint density at radius 2 is 1.91 bits per heavy atom. The van der Waals surface area contributed by atoms with Crippen molar-refractivity contribution in [2.45, 2.75) is 20.8 Å². The molecule has 5 heteroatoms. The van der Waals surface area contributed by atoms with E-state index in [2.05, 4.69) is 9.97 Å². The van der Waals surface area contributed by atoms with Crippen molar-refractivity contribution in [1.82, 2.24) is 9.97 Å². The Balaban J connectivity index is 2.07. The monoisotopic (exact) mass is 328 g/mol. The number of hydrogen-bond acceptors (Lipinski definition) is 3. The van der Waals surface area contributed by atoms with E-state index in [1.165, 1.54) is 0 Å². The van der Waals surface area contributed by atoms with Gasteiger partial charge in [0, 0.05) is 11.1 Å². The Hall–Kier alpha value is -2.33. The van der Waals surface area contributed by atoms with Crippen LogP contribution in [0.2, 0.25) is 5.02 Å². The number of benzene rings is 2. The second-order valence-corrected chi connectivity index (χ2v) is 6.82. The van der Waals surface area contributed by atoms with Crippen molar-refractivity contribution in [2.75, 3.05) is 0 Å². The van der Waals surface area contributed by atoms with Gasteiger partial charge in [0.15, 0.2) is 0 Å². The predicted molar refractivity (Wildman–Crippen MR) is 91.6 cm³/mol. The van der Waals surface area contributed by atoms with E-state index < -0.39 is 5.41 Å². The van der Waals surface area contributed by atoms with Gasteiger partial charge in [-0.3, -0.25) is 4.79 Å². The van der Waals surface area contributed by atoms with Crippen LogP contribution in [0, 0.1) is 5.41 Å². The van der Waals surface area contributed by atoms with Crippen LogP contribution in [0.15, 0.2) is 42.5 Å². The van der Waals surface area contributed by atoms with Crippen molar-refractivity contribution in [3.05, 3.63) is 47.5 Å². The quantitative estimate of drug-likeness (QED) is 0.541. The molecule has 0 bridgehead atoms. The van der Waals surface area contributed by atoms with Crippen LogP contribution < -0.4 is 4.74 Å². The maximum Gasteiger partial charge on any atom is 0.316 e. The number of carbonyl (C=O) groups excluding carboxylic acids is 1. The number of imidazole rings is 1. The van der Waals surface area contributed by atoms with E-state index in [4.69, 9.17) is 16.3 Å². The van der Waals surface area contributed by atoms with Crippen molar-refractivity contribution in [1.29, 1.82) is 0 Å². The minimum atomic E-state index is -0.604. The second kappa shape index (κ2) is 5.70. The molecule has 23 heavy (non-hydrogen) atoms. The lowest BCUT2D eigenvalue weighted by Gasteiger charge is -2.17. The topological polar surface area (TPSA) is 55.0 Å². The minimum Gasteiger partial charge on any atom is -0.425 e. The number of nitrogens with zero attached hydrogens (tertiary/aromatic N) is 1. The molecule has 0 aliphatic heterocycles. The lowest BCUT2D eigenvalue weighted by atomic mass is 9.97.